The van der Waals surface area contributed by atoms with E-state index in [1.54, 1.807) is 0 Å². The monoisotopic (exact) mass is 325 g/mol. The molecule has 3 rings (SSSR count). The van der Waals surface area contributed by atoms with Gasteiger partial charge in [-0.2, -0.15) is 0 Å². The van der Waals surface area contributed by atoms with E-state index in [0.29, 0.717) is 4.83 Å². The number of nitrogens with zero attached hydrogens (tertiary/aromatic N) is 1. The highest BCUT2D eigenvalue weighted by Crippen LogP contribution is 2.28. The quantitative estimate of drug-likeness (QED) is 0.601. The van der Waals surface area contributed by atoms with E-state index < -0.39 is 0 Å². The Hall–Kier alpha value is -1.67. The third kappa shape index (κ3) is 2.75. The molecule has 0 saturated heterocycles. The number of pyridine rings is 1. The fourth-order valence-electron chi connectivity index (χ4n) is 2.42. The van der Waals surface area contributed by atoms with Crippen molar-refractivity contribution in [2.45, 2.75) is 18.2 Å². The Morgan fingerprint density at radius 2 is 1.70 bits per heavy atom. The van der Waals surface area contributed by atoms with Crippen molar-refractivity contribution in [1.82, 2.24) is 4.98 Å². The van der Waals surface area contributed by atoms with E-state index in [0.717, 1.165) is 17.6 Å². The molecule has 0 aliphatic carbocycles. The summed E-state index contributed by atoms with van der Waals surface area (Å²) in [6, 6.07) is 21.0. The van der Waals surface area contributed by atoms with E-state index in [-0.39, 0.29) is 0 Å². The normalized spacial score (nSPS) is 12.5. The van der Waals surface area contributed by atoms with Crippen LogP contribution in [-0.4, -0.2) is 4.98 Å². The van der Waals surface area contributed by atoms with Gasteiger partial charge in [0.25, 0.3) is 0 Å². The molecule has 1 nitrogen and oxygen atoms in total. The summed E-state index contributed by atoms with van der Waals surface area (Å²) in [7, 11) is 0. The predicted octanol–water partition coefficient (Wildman–Crippen LogP) is 5.22. The molecular formula is C18H16BrN. The summed E-state index contributed by atoms with van der Waals surface area (Å²) in [6.45, 7) is 2.14. The summed E-state index contributed by atoms with van der Waals surface area (Å²) in [6.07, 6.45) is 0.903. The lowest BCUT2D eigenvalue weighted by molar-refractivity contribution is 0.901. The van der Waals surface area contributed by atoms with Gasteiger partial charge in [-0.1, -0.05) is 64.5 Å². The zero-order valence-corrected chi connectivity index (χ0v) is 13.0. The van der Waals surface area contributed by atoms with Crippen molar-refractivity contribution in [3.63, 3.8) is 0 Å². The van der Waals surface area contributed by atoms with E-state index in [1.165, 1.54) is 16.5 Å². The van der Waals surface area contributed by atoms with Crippen LogP contribution in [0.1, 0.15) is 21.6 Å². The molecule has 1 heterocycles. The Morgan fingerprint density at radius 3 is 2.50 bits per heavy atom. The van der Waals surface area contributed by atoms with E-state index in [9.17, 15) is 0 Å². The minimum atomic E-state index is 0.302. The van der Waals surface area contributed by atoms with Crippen LogP contribution in [0.5, 0.6) is 0 Å². The van der Waals surface area contributed by atoms with E-state index in [1.807, 2.05) is 12.1 Å². The molecular weight excluding hydrogens is 310 g/mol. The summed E-state index contributed by atoms with van der Waals surface area (Å²) in [5, 5.41) is 1.21. The molecule has 0 fully saturated rings. The SMILES string of the molecule is Cc1cc2ccccc2nc1CC(Br)c1ccccc1. The minimum Gasteiger partial charge on any atom is -0.253 e. The highest BCUT2D eigenvalue weighted by atomic mass is 79.9. The van der Waals surface area contributed by atoms with Gasteiger partial charge in [0.15, 0.2) is 0 Å². The van der Waals surface area contributed by atoms with Gasteiger partial charge < -0.3 is 0 Å². The second-order valence-corrected chi connectivity index (χ2v) is 6.13. The lowest BCUT2D eigenvalue weighted by atomic mass is 10.0. The van der Waals surface area contributed by atoms with Gasteiger partial charge in [0.05, 0.1) is 5.52 Å². The van der Waals surface area contributed by atoms with Crippen LogP contribution >= 0.6 is 15.9 Å². The molecule has 0 bridgehead atoms. The van der Waals surface area contributed by atoms with Crippen molar-refractivity contribution < 1.29 is 0 Å². The van der Waals surface area contributed by atoms with Crippen molar-refractivity contribution in [1.29, 1.82) is 0 Å². The highest BCUT2D eigenvalue weighted by Gasteiger charge is 2.11. The first-order valence-corrected chi connectivity index (χ1v) is 7.70. The third-order valence-electron chi connectivity index (χ3n) is 3.55. The molecule has 0 N–H and O–H groups in total. The zero-order chi connectivity index (χ0) is 13.9. The first kappa shape index (κ1) is 13.3. The second kappa shape index (κ2) is 5.76. The number of fused-ring (bicyclic) bond motifs is 1. The Kier molecular flexibility index (Phi) is 3.83. The molecule has 0 amide bonds. The Bertz CT molecular complexity index is 722. The van der Waals surface area contributed by atoms with Gasteiger partial charge in [-0.15, -0.1) is 0 Å². The van der Waals surface area contributed by atoms with Gasteiger partial charge in [-0.05, 0) is 30.2 Å². The second-order valence-electron chi connectivity index (χ2n) is 5.03. The maximum atomic E-state index is 4.81. The third-order valence-corrected chi connectivity index (χ3v) is 4.41. The van der Waals surface area contributed by atoms with Crippen molar-refractivity contribution in [2.24, 2.45) is 0 Å². The van der Waals surface area contributed by atoms with Crippen LogP contribution in [0.3, 0.4) is 0 Å². The first-order valence-electron chi connectivity index (χ1n) is 6.78. The molecule has 20 heavy (non-hydrogen) atoms. The van der Waals surface area contributed by atoms with Gasteiger partial charge in [0.1, 0.15) is 0 Å². The molecule has 100 valence electrons. The molecule has 2 aromatic carbocycles. The van der Waals surface area contributed by atoms with Crippen molar-refractivity contribution in [3.8, 4) is 0 Å². The smallest absolute Gasteiger partial charge is 0.0705 e. The molecule has 0 spiro atoms. The van der Waals surface area contributed by atoms with Crippen molar-refractivity contribution in [3.05, 3.63) is 77.5 Å². The average Bonchev–Trinajstić information content (AvgIpc) is 2.49. The Labute approximate surface area is 127 Å². The summed E-state index contributed by atoms with van der Waals surface area (Å²) < 4.78 is 0. The molecule has 1 atom stereocenters. The molecule has 3 aromatic rings. The number of aromatic nitrogens is 1. The van der Waals surface area contributed by atoms with Crippen molar-refractivity contribution >= 4 is 26.8 Å². The molecule has 0 aliphatic heterocycles. The fraction of sp³-hybridized carbons (Fsp3) is 0.167. The molecule has 0 aliphatic rings. The van der Waals surface area contributed by atoms with E-state index >= 15 is 0 Å². The Morgan fingerprint density at radius 1 is 1.00 bits per heavy atom. The average molecular weight is 326 g/mol. The van der Waals surface area contributed by atoms with Gasteiger partial charge in [-0.3, -0.25) is 4.98 Å². The molecule has 0 saturated carbocycles. The largest absolute Gasteiger partial charge is 0.253 e. The number of hydrogen-bond donors (Lipinski definition) is 0. The van der Waals surface area contributed by atoms with Crippen LogP contribution in [0.25, 0.3) is 10.9 Å². The standard InChI is InChI=1S/C18H16BrN/c1-13-11-15-9-5-6-10-17(15)20-18(13)12-16(19)14-7-3-2-4-8-14/h2-11,16H,12H2,1H3. The molecule has 2 heteroatoms. The van der Waals surface area contributed by atoms with Gasteiger partial charge >= 0.3 is 0 Å². The van der Waals surface area contributed by atoms with Crippen LogP contribution in [-0.2, 0) is 6.42 Å². The van der Waals surface area contributed by atoms with E-state index in [4.69, 9.17) is 4.98 Å². The Balaban J connectivity index is 1.92. The summed E-state index contributed by atoms with van der Waals surface area (Å²) in [5.74, 6) is 0. The molecule has 1 unspecified atom stereocenters. The van der Waals surface area contributed by atoms with Crippen LogP contribution in [0, 0.1) is 6.92 Å². The maximum Gasteiger partial charge on any atom is 0.0705 e. The first-order chi connectivity index (χ1) is 9.74. The number of halogens is 1. The summed E-state index contributed by atoms with van der Waals surface area (Å²) in [5.41, 5.74) is 4.78. The fourth-order valence-corrected chi connectivity index (χ4v) is 3.03. The van der Waals surface area contributed by atoms with E-state index in [2.05, 4.69) is 71.4 Å². The predicted molar refractivity (Wildman–Crippen MR) is 88.3 cm³/mol. The maximum absolute atomic E-state index is 4.81. The number of benzene rings is 2. The number of rotatable bonds is 3. The van der Waals surface area contributed by atoms with Crippen LogP contribution in [0.15, 0.2) is 60.7 Å². The minimum absolute atomic E-state index is 0.302. The van der Waals surface area contributed by atoms with Crippen LogP contribution in [0.2, 0.25) is 0 Å². The number of para-hydroxylation sites is 1. The highest BCUT2D eigenvalue weighted by molar-refractivity contribution is 9.09. The molecule has 1 aromatic heterocycles. The van der Waals surface area contributed by atoms with Crippen LogP contribution < -0.4 is 0 Å². The zero-order valence-electron chi connectivity index (χ0n) is 11.4. The number of aryl methyl sites for hydroxylation is 1. The lowest BCUT2D eigenvalue weighted by Crippen LogP contribution is -2.00. The topological polar surface area (TPSA) is 12.9 Å². The van der Waals surface area contributed by atoms with Crippen LogP contribution in [0.4, 0.5) is 0 Å². The number of hydrogen-bond acceptors (Lipinski definition) is 1. The van der Waals surface area contributed by atoms with Gasteiger partial charge in [0.2, 0.25) is 0 Å². The summed E-state index contributed by atoms with van der Waals surface area (Å²) >= 11 is 3.78. The van der Waals surface area contributed by atoms with Gasteiger partial charge in [0, 0.05) is 22.3 Å². The molecule has 0 radical (unpaired) electrons. The summed E-state index contributed by atoms with van der Waals surface area (Å²) in [4.78, 5) is 5.11. The number of alkyl halides is 1. The lowest BCUT2D eigenvalue weighted by Gasteiger charge is -2.12. The van der Waals surface area contributed by atoms with Gasteiger partial charge in [-0.25, -0.2) is 0 Å². The van der Waals surface area contributed by atoms with Crippen molar-refractivity contribution in [2.75, 3.05) is 0 Å².